The molecule has 0 unspecified atom stereocenters. The molecule has 1 fully saturated rings. The molecule has 0 radical (unpaired) electrons. The summed E-state index contributed by atoms with van der Waals surface area (Å²) in [4.78, 5) is 0. The Balaban J connectivity index is 1.48. The summed E-state index contributed by atoms with van der Waals surface area (Å²) in [5.41, 5.74) is 1.25. The number of sulfonamides is 1. The number of aryl methyl sites for hydroxylation is 1. The van der Waals surface area contributed by atoms with Crippen LogP contribution < -0.4 is 0 Å². The lowest BCUT2D eigenvalue weighted by atomic mass is 10.1. The molecule has 1 aliphatic heterocycles. The number of rotatable bonds is 6. The van der Waals surface area contributed by atoms with E-state index >= 15 is 0 Å². The van der Waals surface area contributed by atoms with Crippen molar-refractivity contribution in [2.45, 2.75) is 30.4 Å². The summed E-state index contributed by atoms with van der Waals surface area (Å²) in [6, 6.07) is 10.2. The number of aromatic nitrogens is 3. The number of hydrogen-bond acceptors (Lipinski definition) is 5. The van der Waals surface area contributed by atoms with E-state index in [1.54, 1.807) is 7.05 Å². The van der Waals surface area contributed by atoms with Crippen LogP contribution in [0.15, 0.2) is 41.6 Å². The van der Waals surface area contributed by atoms with Gasteiger partial charge in [0.1, 0.15) is 0 Å². The van der Waals surface area contributed by atoms with Crippen molar-refractivity contribution in [1.29, 1.82) is 0 Å². The zero-order chi connectivity index (χ0) is 17.0. The number of hydrogen-bond donors (Lipinski definition) is 0. The summed E-state index contributed by atoms with van der Waals surface area (Å²) >= 11 is 0. The quantitative estimate of drug-likeness (QED) is 0.783. The predicted molar refractivity (Wildman–Crippen MR) is 88.9 cm³/mol. The maximum absolute atomic E-state index is 12.6. The second-order valence-electron chi connectivity index (χ2n) is 5.91. The fraction of sp³-hybridized carbons (Fsp3) is 0.500. The number of ether oxygens (including phenoxy) is 1. The van der Waals surface area contributed by atoms with Gasteiger partial charge in [-0.1, -0.05) is 35.5 Å². The van der Waals surface area contributed by atoms with E-state index in [-0.39, 0.29) is 11.1 Å². The minimum Gasteiger partial charge on any atom is -0.378 e. The Morgan fingerprint density at radius 1 is 1.21 bits per heavy atom. The van der Waals surface area contributed by atoms with Gasteiger partial charge in [-0.2, -0.15) is 4.31 Å². The highest BCUT2D eigenvalue weighted by molar-refractivity contribution is 7.89. The molecule has 1 saturated heterocycles. The summed E-state index contributed by atoms with van der Waals surface area (Å²) < 4.78 is 33.8. The van der Waals surface area contributed by atoms with Crippen molar-refractivity contribution in [3.63, 3.8) is 0 Å². The number of benzene rings is 1. The molecule has 7 nitrogen and oxygen atoms in total. The van der Waals surface area contributed by atoms with E-state index in [9.17, 15) is 8.42 Å². The van der Waals surface area contributed by atoms with E-state index < -0.39 is 10.0 Å². The lowest BCUT2D eigenvalue weighted by molar-refractivity contribution is 0.0229. The van der Waals surface area contributed by atoms with Gasteiger partial charge < -0.3 is 4.74 Å². The van der Waals surface area contributed by atoms with Crippen molar-refractivity contribution in [3.05, 3.63) is 42.1 Å². The van der Waals surface area contributed by atoms with Crippen molar-refractivity contribution < 1.29 is 13.2 Å². The van der Waals surface area contributed by atoms with Crippen molar-refractivity contribution >= 4 is 10.0 Å². The van der Waals surface area contributed by atoms with Crippen LogP contribution in [0.2, 0.25) is 0 Å². The topological polar surface area (TPSA) is 77.3 Å². The van der Waals surface area contributed by atoms with Gasteiger partial charge in [0.05, 0.1) is 18.9 Å². The maximum atomic E-state index is 12.6. The van der Waals surface area contributed by atoms with Gasteiger partial charge in [-0.3, -0.25) is 0 Å². The molecule has 2 aromatic rings. The Morgan fingerprint density at radius 3 is 2.54 bits per heavy atom. The third-order valence-corrected chi connectivity index (χ3v) is 6.21. The smallest absolute Gasteiger partial charge is 0.261 e. The average Bonchev–Trinajstić information content (AvgIpc) is 3.03. The molecular weight excluding hydrogens is 328 g/mol. The molecule has 130 valence electrons. The van der Waals surface area contributed by atoms with Crippen LogP contribution in [0.5, 0.6) is 0 Å². The minimum atomic E-state index is -3.52. The highest BCUT2D eigenvalue weighted by Crippen LogP contribution is 2.21. The zero-order valence-corrected chi connectivity index (χ0v) is 14.5. The molecule has 1 aliphatic rings. The summed E-state index contributed by atoms with van der Waals surface area (Å²) in [5, 5.41) is 7.48. The Labute approximate surface area is 142 Å². The third kappa shape index (κ3) is 3.82. The van der Waals surface area contributed by atoms with Gasteiger partial charge in [0.25, 0.3) is 10.0 Å². The fourth-order valence-electron chi connectivity index (χ4n) is 2.87. The molecule has 0 spiro atoms. The van der Waals surface area contributed by atoms with Crippen molar-refractivity contribution in [2.24, 2.45) is 7.05 Å². The highest BCUT2D eigenvalue weighted by atomic mass is 32.2. The van der Waals surface area contributed by atoms with E-state index in [4.69, 9.17) is 4.74 Å². The molecule has 0 aliphatic carbocycles. The first kappa shape index (κ1) is 17.1. The SMILES string of the molecule is Cn1nncc1S(=O)(=O)N1CCC(OCCc2ccccc2)CC1. The van der Waals surface area contributed by atoms with E-state index in [0.717, 1.165) is 6.42 Å². The zero-order valence-electron chi connectivity index (χ0n) is 13.7. The molecule has 0 saturated carbocycles. The number of nitrogens with zero attached hydrogens (tertiary/aromatic N) is 4. The first-order chi connectivity index (χ1) is 11.6. The lowest BCUT2D eigenvalue weighted by Crippen LogP contribution is -2.41. The van der Waals surface area contributed by atoms with Gasteiger partial charge in [-0.15, -0.1) is 5.10 Å². The molecule has 24 heavy (non-hydrogen) atoms. The van der Waals surface area contributed by atoms with Crippen LogP contribution in [0.4, 0.5) is 0 Å². The minimum absolute atomic E-state index is 0.116. The molecule has 8 heteroatoms. The molecule has 1 aromatic heterocycles. The molecule has 0 amide bonds. The van der Waals surface area contributed by atoms with E-state index in [1.807, 2.05) is 18.2 Å². The Hall–Kier alpha value is -1.77. The van der Waals surface area contributed by atoms with Crippen LogP contribution in [0.1, 0.15) is 18.4 Å². The first-order valence-corrected chi connectivity index (χ1v) is 9.52. The van der Waals surface area contributed by atoms with Gasteiger partial charge in [0.15, 0.2) is 5.03 Å². The average molecular weight is 350 g/mol. The van der Waals surface area contributed by atoms with Gasteiger partial charge in [-0.05, 0) is 24.8 Å². The molecule has 2 heterocycles. The van der Waals surface area contributed by atoms with E-state index in [0.29, 0.717) is 32.5 Å². The maximum Gasteiger partial charge on any atom is 0.261 e. The van der Waals surface area contributed by atoms with Crippen molar-refractivity contribution in [1.82, 2.24) is 19.3 Å². The summed E-state index contributed by atoms with van der Waals surface area (Å²) in [5.74, 6) is 0. The second kappa shape index (κ2) is 7.42. The van der Waals surface area contributed by atoms with Crippen LogP contribution >= 0.6 is 0 Å². The molecule has 3 rings (SSSR count). The van der Waals surface area contributed by atoms with Gasteiger partial charge in [0, 0.05) is 20.1 Å². The van der Waals surface area contributed by atoms with Crippen LogP contribution in [0.25, 0.3) is 0 Å². The molecule has 0 N–H and O–H groups in total. The molecular formula is C16H22N4O3S. The lowest BCUT2D eigenvalue weighted by Gasteiger charge is -2.30. The first-order valence-electron chi connectivity index (χ1n) is 8.08. The van der Waals surface area contributed by atoms with Crippen LogP contribution in [0.3, 0.4) is 0 Å². The Kier molecular flexibility index (Phi) is 5.27. The van der Waals surface area contributed by atoms with Gasteiger partial charge in [0.2, 0.25) is 0 Å². The molecule has 0 atom stereocenters. The Bertz CT molecular complexity index is 753. The largest absolute Gasteiger partial charge is 0.378 e. The van der Waals surface area contributed by atoms with Crippen LogP contribution in [-0.4, -0.2) is 53.5 Å². The van der Waals surface area contributed by atoms with Crippen molar-refractivity contribution in [2.75, 3.05) is 19.7 Å². The van der Waals surface area contributed by atoms with Gasteiger partial charge >= 0.3 is 0 Å². The predicted octanol–water partition coefficient (Wildman–Crippen LogP) is 1.23. The highest BCUT2D eigenvalue weighted by Gasteiger charge is 2.31. The summed E-state index contributed by atoms with van der Waals surface area (Å²) in [6.07, 6.45) is 3.70. The van der Waals surface area contributed by atoms with Crippen molar-refractivity contribution in [3.8, 4) is 0 Å². The second-order valence-corrected chi connectivity index (χ2v) is 7.79. The molecule has 1 aromatic carbocycles. The molecule has 0 bridgehead atoms. The van der Waals surface area contributed by atoms with E-state index in [2.05, 4.69) is 22.4 Å². The third-order valence-electron chi connectivity index (χ3n) is 4.27. The number of piperidine rings is 1. The van der Waals surface area contributed by atoms with E-state index in [1.165, 1.54) is 20.7 Å². The monoisotopic (exact) mass is 350 g/mol. The van der Waals surface area contributed by atoms with Crippen LogP contribution in [0, 0.1) is 0 Å². The van der Waals surface area contributed by atoms with Gasteiger partial charge in [-0.25, -0.2) is 13.1 Å². The summed E-state index contributed by atoms with van der Waals surface area (Å²) in [7, 11) is -1.94. The fourth-order valence-corrected chi connectivity index (χ4v) is 4.38. The standard InChI is InChI=1S/C16H22N4O3S/c1-19-16(13-17-18-19)24(21,22)20-10-7-15(8-11-20)23-12-9-14-5-3-2-4-6-14/h2-6,13,15H,7-12H2,1H3. The summed E-state index contributed by atoms with van der Waals surface area (Å²) in [6.45, 7) is 1.58. The normalized spacial score (nSPS) is 17.2. The van der Waals surface area contributed by atoms with Crippen LogP contribution in [-0.2, 0) is 28.2 Å². The Morgan fingerprint density at radius 2 is 1.92 bits per heavy atom.